The quantitative estimate of drug-likeness (QED) is 0.0952. The van der Waals surface area contributed by atoms with Gasteiger partial charge in [-0.15, -0.1) is 0 Å². The lowest BCUT2D eigenvalue weighted by Crippen LogP contribution is -2.29. The Labute approximate surface area is 264 Å². The zero-order chi connectivity index (χ0) is 32.2. The van der Waals surface area contributed by atoms with E-state index in [4.69, 9.17) is 18.9 Å². The second-order valence-corrected chi connectivity index (χ2v) is 11.1. The first-order valence-corrected chi connectivity index (χ1v) is 14.9. The number of nitrogens with zero attached hydrogens (tertiary/aromatic N) is 2. The normalized spacial score (nSPS) is 15.7. The van der Waals surface area contributed by atoms with E-state index < -0.39 is 23.7 Å². The molecule has 0 bridgehead atoms. The second kappa shape index (κ2) is 13.2. The zero-order valence-corrected chi connectivity index (χ0v) is 26.3. The van der Waals surface area contributed by atoms with Crippen molar-refractivity contribution < 1.29 is 38.4 Å². The Balaban J connectivity index is 1.61. The Morgan fingerprint density at radius 2 is 1.69 bits per heavy atom. The third-order valence-corrected chi connectivity index (χ3v) is 8.43. The van der Waals surface area contributed by atoms with Gasteiger partial charge in [0.15, 0.2) is 16.6 Å². The lowest BCUT2D eigenvalue weighted by Gasteiger charge is -2.24. The largest absolute Gasteiger partial charge is 0.507 e. The van der Waals surface area contributed by atoms with Crippen molar-refractivity contribution in [2.45, 2.75) is 33.4 Å². The molecule has 1 amide bonds. The number of rotatable bonds is 10. The number of methoxy groups -OCH3 is 2. The lowest BCUT2D eigenvalue weighted by molar-refractivity contribution is -0.132. The average Bonchev–Trinajstić information content (AvgIpc) is 3.56. The van der Waals surface area contributed by atoms with Gasteiger partial charge >= 0.3 is 11.9 Å². The smallest absolute Gasteiger partial charge is 0.350 e. The highest BCUT2D eigenvalue weighted by Gasteiger charge is 2.48. The molecule has 1 atom stereocenters. The minimum Gasteiger partial charge on any atom is -0.507 e. The van der Waals surface area contributed by atoms with Crippen molar-refractivity contribution in [2.24, 2.45) is 0 Å². The van der Waals surface area contributed by atoms with Crippen LogP contribution in [0.25, 0.3) is 5.76 Å². The number of Topliss-reactive ketones (excluding diaryl/α,β-unsaturated/α-hetero) is 1. The fraction of sp³-hybridized carbons (Fsp3) is 0.235. The molecule has 232 valence electrons. The maximum atomic E-state index is 13.7. The van der Waals surface area contributed by atoms with E-state index in [0.717, 1.165) is 22.5 Å². The summed E-state index contributed by atoms with van der Waals surface area (Å²) in [6.07, 6.45) is 0. The van der Waals surface area contributed by atoms with Gasteiger partial charge in [0.2, 0.25) is 0 Å². The summed E-state index contributed by atoms with van der Waals surface area (Å²) < 4.78 is 22.1. The van der Waals surface area contributed by atoms with Gasteiger partial charge in [-0.05, 0) is 67.8 Å². The van der Waals surface area contributed by atoms with Gasteiger partial charge in [-0.2, -0.15) is 0 Å². The molecular weight excluding hydrogens is 596 g/mol. The molecule has 1 saturated heterocycles. The molecule has 3 aromatic carbocycles. The van der Waals surface area contributed by atoms with E-state index in [1.165, 1.54) is 19.1 Å². The number of aromatic nitrogens is 1. The molecule has 1 N–H and O–H groups in total. The number of hydrogen-bond acceptors (Lipinski definition) is 10. The van der Waals surface area contributed by atoms with Crippen LogP contribution in [-0.4, -0.2) is 48.6 Å². The molecule has 1 aliphatic rings. The van der Waals surface area contributed by atoms with Crippen LogP contribution in [0.2, 0.25) is 0 Å². The molecule has 0 saturated carbocycles. The number of carbonyl (C=O) groups is 3. The Hall–Kier alpha value is -5.16. The lowest BCUT2D eigenvalue weighted by atomic mass is 9.94. The first-order valence-electron chi connectivity index (χ1n) is 14.1. The Kier molecular flexibility index (Phi) is 9.19. The first-order chi connectivity index (χ1) is 21.7. The van der Waals surface area contributed by atoms with E-state index in [9.17, 15) is 19.5 Å². The van der Waals surface area contributed by atoms with E-state index in [2.05, 4.69) is 4.98 Å². The van der Waals surface area contributed by atoms with Crippen molar-refractivity contribution in [1.29, 1.82) is 0 Å². The van der Waals surface area contributed by atoms with E-state index in [0.29, 0.717) is 47.3 Å². The fourth-order valence-electron chi connectivity index (χ4n) is 5.09. The topological polar surface area (TPSA) is 124 Å². The van der Waals surface area contributed by atoms with Gasteiger partial charge in [-0.1, -0.05) is 47.7 Å². The molecule has 1 aliphatic heterocycles. The number of thiazole rings is 1. The minimum absolute atomic E-state index is 0.104. The summed E-state index contributed by atoms with van der Waals surface area (Å²) >= 11 is 0.923. The van der Waals surface area contributed by atoms with Gasteiger partial charge in [0.05, 0.1) is 38.1 Å². The number of aryl methyl sites for hydroxylation is 2. The number of amides is 1. The summed E-state index contributed by atoms with van der Waals surface area (Å²) in [7, 11) is 2.73. The molecule has 1 unspecified atom stereocenters. The van der Waals surface area contributed by atoms with Crippen LogP contribution < -0.4 is 19.1 Å². The summed E-state index contributed by atoms with van der Waals surface area (Å²) in [5, 5.41) is 11.8. The van der Waals surface area contributed by atoms with Crippen molar-refractivity contribution in [2.75, 3.05) is 25.7 Å². The van der Waals surface area contributed by atoms with Crippen LogP contribution in [0.15, 0.2) is 72.3 Å². The number of esters is 1. The molecule has 1 aromatic heterocycles. The van der Waals surface area contributed by atoms with Gasteiger partial charge in [-0.25, -0.2) is 9.78 Å². The summed E-state index contributed by atoms with van der Waals surface area (Å²) in [6, 6.07) is 18.7. The highest BCUT2D eigenvalue weighted by atomic mass is 32.1. The molecular formula is C34H32N2O8S. The second-order valence-electron chi connectivity index (χ2n) is 10.2. The van der Waals surface area contributed by atoms with Crippen molar-refractivity contribution in [3.63, 3.8) is 0 Å². The standard InChI is InChI=1S/C34H32N2O8S/c1-6-43-25-15-12-22(17-26(25)41-4)28-27(30(38)32(39)36(28)34-35-20(3)31(45-34)33(40)42-5)29(37)23-13-14-24(19(2)16-23)44-18-21-10-8-7-9-11-21/h7-17,28,37H,6,18H2,1-5H3/b29-27+. The molecule has 0 radical (unpaired) electrons. The number of anilines is 1. The molecule has 1 fully saturated rings. The number of carbonyl (C=O) groups excluding carboxylic acids is 3. The molecule has 45 heavy (non-hydrogen) atoms. The van der Waals surface area contributed by atoms with E-state index in [-0.39, 0.29) is 21.3 Å². The van der Waals surface area contributed by atoms with Gasteiger partial charge in [0.25, 0.3) is 5.78 Å². The van der Waals surface area contributed by atoms with Crippen LogP contribution in [0.3, 0.4) is 0 Å². The molecule has 5 rings (SSSR count). The molecule has 11 heteroatoms. The Morgan fingerprint density at radius 1 is 0.956 bits per heavy atom. The number of aliphatic hydroxyl groups is 1. The predicted octanol–water partition coefficient (Wildman–Crippen LogP) is 6.16. The number of hydrogen-bond donors (Lipinski definition) is 1. The highest BCUT2D eigenvalue weighted by molar-refractivity contribution is 7.17. The monoisotopic (exact) mass is 628 g/mol. The number of ether oxygens (including phenoxy) is 4. The van der Waals surface area contributed by atoms with Crippen LogP contribution in [0.5, 0.6) is 17.2 Å². The van der Waals surface area contributed by atoms with Crippen molar-refractivity contribution in [3.05, 3.63) is 105 Å². The van der Waals surface area contributed by atoms with Crippen molar-refractivity contribution >= 4 is 39.9 Å². The van der Waals surface area contributed by atoms with Crippen LogP contribution in [-0.2, 0) is 20.9 Å². The van der Waals surface area contributed by atoms with Crippen molar-refractivity contribution in [3.8, 4) is 17.2 Å². The van der Waals surface area contributed by atoms with E-state index in [1.807, 2.05) is 44.2 Å². The van der Waals surface area contributed by atoms with Crippen LogP contribution in [0.4, 0.5) is 5.13 Å². The Bertz CT molecular complexity index is 1800. The maximum absolute atomic E-state index is 13.7. The van der Waals surface area contributed by atoms with Gasteiger partial charge < -0.3 is 24.1 Å². The summed E-state index contributed by atoms with van der Waals surface area (Å²) in [5.41, 5.74) is 2.71. The molecule has 2 heterocycles. The first kappa shape index (κ1) is 31.3. The molecule has 10 nitrogen and oxygen atoms in total. The predicted molar refractivity (Wildman–Crippen MR) is 169 cm³/mol. The van der Waals surface area contributed by atoms with Crippen LogP contribution >= 0.6 is 11.3 Å². The van der Waals surface area contributed by atoms with Crippen molar-refractivity contribution in [1.82, 2.24) is 4.98 Å². The molecule has 0 spiro atoms. The SMILES string of the molecule is CCOc1ccc(C2/C(=C(\O)c3ccc(OCc4ccccc4)c(C)c3)C(=O)C(=O)N2c2nc(C)c(C(=O)OC)s2)cc1OC. The number of aliphatic hydroxyl groups excluding tert-OH is 1. The fourth-order valence-corrected chi connectivity index (χ4v) is 6.10. The third kappa shape index (κ3) is 6.12. The summed E-state index contributed by atoms with van der Waals surface area (Å²) in [4.78, 5) is 45.6. The third-order valence-electron chi connectivity index (χ3n) is 7.30. The minimum atomic E-state index is -1.10. The van der Waals surface area contributed by atoms with Crippen LogP contribution in [0.1, 0.15) is 50.6 Å². The maximum Gasteiger partial charge on any atom is 0.350 e. The average molecular weight is 629 g/mol. The number of benzene rings is 3. The van der Waals surface area contributed by atoms with E-state index >= 15 is 0 Å². The summed E-state index contributed by atoms with van der Waals surface area (Å²) in [6.45, 7) is 6.04. The van der Waals surface area contributed by atoms with Gasteiger partial charge in [0, 0.05) is 5.56 Å². The summed E-state index contributed by atoms with van der Waals surface area (Å²) in [5.74, 6) is -1.33. The molecule has 0 aliphatic carbocycles. The molecule has 4 aromatic rings. The van der Waals surface area contributed by atoms with Gasteiger partial charge in [-0.3, -0.25) is 14.5 Å². The zero-order valence-electron chi connectivity index (χ0n) is 25.5. The van der Waals surface area contributed by atoms with E-state index in [1.54, 1.807) is 43.3 Å². The highest BCUT2D eigenvalue weighted by Crippen LogP contribution is 2.45. The number of ketones is 1. The van der Waals surface area contributed by atoms with Gasteiger partial charge in [0.1, 0.15) is 23.0 Å². The Morgan fingerprint density at radius 3 is 2.36 bits per heavy atom. The van der Waals surface area contributed by atoms with Crippen LogP contribution in [0, 0.1) is 13.8 Å².